The Balaban J connectivity index is 1.42. The lowest BCUT2D eigenvalue weighted by Gasteiger charge is -2.66. The van der Waals surface area contributed by atoms with Crippen LogP contribution in [0.15, 0.2) is 23.2 Å². The van der Waals surface area contributed by atoms with Crippen molar-refractivity contribution in [2.45, 2.75) is 75.7 Å². The SMILES string of the molecule is CC1(C)C=Cc2cc3c(cc2O1)N=C1C3(O)CC23NC(=O)C4(CCCN4C2=O)CC3C1(C)C. The third-order valence-corrected chi connectivity index (χ3v) is 9.26. The molecule has 7 aliphatic rings. The maximum absolute atomic E-state index is 13.9. The minimum Gasteiger partial charge on any atom is -0.483 e. The molecule has 6 heterocycles. The molecular formula is C26H29N3O4. The fourth-order valence-electron chi connectivity index (χ4n) is 7.79. The Hall–Kier alpha value is -2.67. The third kappa shape index (κ3) is 2.05. The number of amides is 2. The molecule has 8 rings (SSSR count). The number of benzene rings is 1. The highest BCUT2D eigenvalue weighted by atomic mass is 16.5. The van der Waals surface area contributed by atoms with Gasteiger partial charge in [0.2, 0.25) is 11.8 Å². The van der Waals surface area contributed by atoms with Gasteiger partial charge in [-0.2, -0.15) is 0 Å². The van der Waals surface area contributed by atoms with E-state index in [4.69, 9.17) is 9.73 Å². The first-order valence-corrected chi connectivity index (χ1v) is 12.0. The smallest absolute Gasteiger partial charge is 0.249 e. The lowest BCUT2D eigenvalue weighted by molar-refractivity contribution is -0.186. The van der Waals surface area contributed by atoms with Gasteiger partial charge in [-0.1, -0.05) is 19.9 Å². The molecule has 2 N–H and O–H groups in total. The Labute approximate surface area is 192 Å². The number of piperidine rings is 2. The number of aliphatic imine (C=N–C) groups is 1. The molecule has 172 valence electrons. The largest absolute Gasteiger partial charge is 0.483 e. The van der Waals surface area contributed by atoms with Gasteiger partial charge >= 0.3 is 0 Å². The minimum absolute atomic E-state index is 0.0345. The fourth-order valence-corrected chi connectivity index (χ4v) is 7.79. The molecule has 1 aromatic rings. The average molecular weight is 448 g/mol. The summed E-state index contributed by atoms with van der Waals surface area (Å²) >= 11 is 0. The highest BCUT2D eigenvalue weighted by Crippen LogP contribution is 2.64. The van der Waals surface area contributed by atoms with E-state index in [0.29, 0.717) is 36.3 Å². The van der Waals surface area contributed by atoms with Crippen LogP contribution in [0.25, 0.3) is 6.08 Å². The number of ether oxygens (including phenoxy) is 1. The second-order valence-electron chi connectivity index (χ2n) is 11.9. The van der Waals surface area contributed by atoms with Gasteiger partial charge in [-0.3, -0.25) is 14.6 Å². The summed E-state index contributed by atoms with van der Waals surface area (Å²) in [7, 11) is 0. The van der Waals surface area contributed by atoms with Crippen molar-refractivity contribution in [1.29, 1.82) is 0 Å². The molecule has 7 nitrogen and oxygen atoms in total. The summed E-state index contributed by atoms with van der Waals surface area (Å²) in [5, 5.41) is 15.4. The summed E-state index contributed by atoms with van der Waals surface area (Å²) in [5.74, 6) is 0.527. The van der Waals surface area contributed by atoms with Crippen molar-refractivity contribution in [3.63, 3.8) is 0 Å². The van der Waals surface area contributed by atoms with E-state index in [1.807, 2.05) is 43.0 Å². The molecule has 4 atom stereocenters. The van der Waals surface area contributed by atoms with E-state index < -0.39 is 27.7 Å². The normalized spacial score (nSPS) is 40.2. The molecule has 4 saturated heterocycles. The summed E-state index contributed by atoms with van der Waals surface area (Å²) in [5.41, 5.74) is -1.32. The Bertz CT molecular complexity index is 1250. The van der Waals surface area contributed by atoms with Gasteiger partial charge in [-0.05, 0) is 45.3 Å². The lowest BCUT2D eigenvalue weighted by atomic mass is 9.47. The topological polar surface area (TPSA) is 91.2 Å². The van der Waals surface area contributed by atoms with Gasteiger partial charge in [0.1, 0.15) is 28.0 Å². The van der Waals surface area contributed by atoms with Gasteiger partial charge < -0.3 is 20.1 Å². The number of nitrogens with one attached hydrogen (secondary N) is 1. The van der Waals surface area contributed by atoms with Crippen molar-refractivity contribution in [3.8, 4) is 5.75 Å². The average Bonchev–Trinajstić information content (AvgIpc) is 3.28. The molecule has 2 amide bonds. The predicted octanol–water partition coefficient (Wildman–Crippen LogP) is 2.82. The molecule has 1 aromatic carbocycles. The standard InChI is InChI=1S/C26H29N3O4/c1-22(2)8-6-14-10-15-16(11-17(14)33-22)27-19-23(3,4)18-12-24-7-5-9-29(24)21(31)25(18,28-20(24)30)13-26(15,19)32/h6,8,10-11,18,32H,5,7,9,12-13H2,1-4H3,(H,28,30). The van der Waals surface area contributed by atoms with Crippen molar-refractivity contribution in [2.24, 2.45) is 16.3 Å². The first-order valence-electron chi connectivity index (χ1n) is 12.0. The first-order chi connectivity index (χ1) is 15.4. The van der Waals surface area contributed by atoms with Crippen LogP contribution in [0.5, 0.6) is 5.75 Å². The van der Waals surface area contributed by atoms with E-state index in [-0.39, 0.29) is 24.2 Å². The van der Waals surface area contributed by atoms with Crippen molar-refractivity contribution >= 4 is 29.3 Å². The Kier molecular flexibility index (Phi) is 3.21. The molecular weight excluding hydrogens is 418 g/mol. The van der Waals surface area contributed by atoms with E-state index in [0.717, 1.165) is 17.7 Å². The molecule has 0 aromatic heterocycles. The van der Waals surface area contributed by atoms with Crippen LogP contribution in [0.1, 0.15) is 64.5 Å². The molecule has 2 spiro atoms. The maximum Gasteiger partial charge on any atom is 0.249 e. The quantitative estimate of drug-likeness (QED) is 0.640. The molecule has 6 aliphatic heterocycles. The number of carbonyl (C=O) groups is 2. The summed E-state index contributed by atoms with van der Waals surface area (Å²) in [6, 6.07) is 3.85. The highest BCUT2D eigenvalue weighted by Gasteiger charge is 2.76. The second-order valence-corrected chi connectivity index (χ2v) is 11.9. The molecule has 33 heavy (non-hydrogen) atoms. The van der Waals surface area contributed by atoms with Crippen LogP contribution in [0.2, 0.25) is 0 Å². The van der Waals surface area contributed by atoms with Crippen LogP contribution in [-0.4, -0.2) is 50.8 Å². The van der Waals surface area contributed by atoms with Crippen LogP contribution < -0.4 is 10.1 Å². The molecule has 1 saturated carbocycles. The highest BCUT2D eigenvalue weighted by molar-refractivity contribution is 6.11. The van der Waals surface area contributed by atoms with Crippen molar-refractivity contribution in [2.75, 3.05) is 6.54 Å². The van der Waals surface area contributed by atoms with E-state index >= 15 is 0 Å². The van der Waals surface area contributed by atoms with Crippen LogP contribution in [-0.2, 0) is 15.2 Å². The number of nitrogens with zero attached hydrogens (tertiary/aromatic N) is 2. The monoisotopic (exact) mass is 447 g/mol. The van der Waals surface area contributed by atoms with Crippen molar-refractivity contribution in [1.82, 2.24) is 10.2 Å². The van der Waals surface area contributed by atoms with Gasteiger partial charge in [-0.25, -0.2) is 0 Å². The van der Waals surface area contributed by atoms with Gasteiger partial charge in [-0.15, -0.1) is 0 Å². The predicted molar refractivity (Wildman–Crippen MR) is 122 cm³/mol. The van der Waals surface area contributed by atoms with Gasteiger partial charge in [0.25, 0.3) is 0 Å². The molecule has 2 bridgehead atoms. The Morgan fingerprint density at radius 3 is 2.79 bits per heavy atom. The number of hydrogen-bond donors (Lipinski definition) is 2. The zero-order valence-electron chi connectivity index (χ0n) is 19.5. The van der Waals surface area contributed by atoms with Gasteiger partial charge in [0.15, 0.2) is 0 Å². The number of carbonyl (C=O) groups excluding carboxylic acids is 2. The van der Waals surface area contributed by atoms with E-state index in [1.54, 1.807) is 0 Å². The Morgan fingerprint density at radius 2 is 2.00 bits per heavy atom. The molecule has 7 heteroatoms. The van der Waals surface area contributed by atoms with E-state index in [2.05, 4.69) is 19.2 Å². The summed E-state index contributed by atoms with van der Waals surface area (Å²) in [4.78, 5) is 34.0. The van der Waals surface area contributed by atoms with Crippen LogP contribution >= 0.6 is 0 Å². The summed E-state index contributed by atoms with van der Waals surface area (Å²) in [6.45, 7) is 8.76. The summed E-state index contributed by atoms with van der Waals surface area (Å²) < 4.78 is 6.15. The minimum atomic E-state index is -1.43. The van der Waals surface area contributed by atoms with Crippen LogP contribution in [0, 0.1) is 11.3 Å². The van der Waals surface area contributed by atoms with Gasteiger partial charge in [0, 0.05) is 41.5 Å². The second kappa shape index (κ2) is 5.35. The van der Waals surface area contributed by atoms with Crippen LogP contribution in [0.4, 0.5) is 5.69 Å². The molecule has 0 radical (unpaired) electrons. The van der Waals surface area contributed by atoms with Crippen LogP contribution in [0.3, 0.4) is 0 Å². The van der Waals surface area contributed by atoms with E-state index in [9.17, 15) is 14.7 Å². The zero-order chi connectivity index (χ0) is 23.2. The molecule has 1 aliphatic carbocycles. The lowest BCUT2D eigenvalue weighted by Crippen LogP contribution is -2.86. The molecule has 5 fully saturated rings. The molecule has 4 unspecified atom stereocenters. The fraction of sp³-hybridized carbons (Fsp3) is 0.577. The van der Waals surface area contributed by atoms with Crippen molar-refractivity contribution < 1.29 is 19.4 Å². The Morgan fingerprint density at radius 1 is 1.21 bits per heavy atom. The number of piperazine rings is 1. The van der Waals surface area contributed by atoms with E-state index in [1.165, 1.54) is 0 Å². The third-order valence-electron chi connectivity index (χ3n) is 9.26. The van der Waals surface area contributed by atoms with Gasteiger partial charge in [0.05, 0.1) is 11.4 Å². The maximum atomic E-state index is 13.9. The number of fused-ring (bicyclic) bond motifs is 5. The number of aliphatic hydroxyl groups is 1. The number of rotatable bonds is 0. The first kappa shape index (κ1) is 19.8. The van der Waals surface area contributed by atoms with Crippen molar-refractivity contribution in [3.05, 3.63) is 29.3 Å². The summed E-state index contributed by atoms with van der Waals surface area (Å²) in [6.07, 6.45) is 6.30. The zero-order valence-corrected chi connectivity index (χ0v) is 19.5. The number of hydrogen-bond acceptors (Lipinski definition) is 5.